The molecule has 1 aromatic heterocycles. The summed E-state index contributed by atoms with van der Waals surface area (Å²) in [6, 6.07) is 19.6. The summed E-state index contributed by atoms with van der Waals surface area (Å²) in [5, 5.41) is 11.7. The van der Waals surface area contributed by atoms with Crippen molar-refractivity contribution in [1.82, 2.24) is 0 Å². The van der Waals surface area contributed by atoms with E-state index in [9.17, 15) is 9.59 Å². The van der Waals surface area contributed by atoms with E-state index in [4.69, 9.17) is 14.4 Å². The fourth-order valence-electron chi connectivity index (χ4n) is 2.52. The molecule has 1 amide bonds. The summed E-state index contributed by atoms with van der Waals surface area (Å²) < 4.78 is 10.6. The first-order chi connectivity index (χ1) is 14.2. The Bertz CT molecular complexity index is 1030. The van der Waals surface area contributed by atoms with Crippen LogP contribution in [0.2, 0.25) is 0 Å². The molecule has 3 rings (SSSR count). The van der Waals surface area contributed by atoms with Crippen molar-refractivity contribution in [3.05, 3.63) is 83.8 Å². The molecule has 6 nitrogen and oxygen atoms in total. The van der Waals surface area contributed by atoms with E-state index in [1.54, 1.807) is 42.7 Å². The Kier molecular flexibility index (Phi) is 7.09. The first-order valence-electron chi connectivity index (χ1n) is 8.87. The van der Waals surface area contributed by atoms with E-state index in [0.29, 0.717) is 22.6 Å². The molecule has 0 bridgehead atoms. The standard InChI is InChI=1S/C22H18N2O4S/c23-14-16-6-1-3-9-19(16)24-21(25)11-13-28-22(26)18-8-2-4-10-20(18)29-15-17-7-5-12-27-17/h1-10,12H,11,13,15H2,(H,24,25). The average Bonchev–Trinajstić information content (AvgIpc) is 3.26. The molecular formula is C22H18N2O4S. The number of hydrogen-bond acceptors (Lipinski definition) is 6. The Balaban J connectivity index is 1.52. The SMILES string of the molecule is N#Cc1ccccc1NC(=O)CCOC(=O)c1ccccc1SCc1ccco1. The van der Waals surface area contributed by atoms with Gasteiger partial charge in [0.25, 0.3) is 0 Å². The van der Waals surface area contributed by atoms with Gasteiger partial charge >= 0.3 is 5.97 Å². The Hall–Kier alpha value is -3.50. The zero-order chi connectivity index (χ0) is 20.5. The van der Waals surface area contributed by atoms with E-state index in [2.05, 4.69) is 5.32 Å². The van der Waals surface area contributed by atoms with Crippen LogP contribution < -0.4 is 5.32 Å². The molecule has 0 unspecified atom stereocenters. The van der Waals surface area contributed by atoms with E-state index in [-0.39, 0.29) is 18.9 Å². The van der Waals surface area contributed by atoms with Crippen molar-refractivity contribution in [2.75, 3.05) is 11.9 Å². The van der Waals surface area contributed by atoms with Gasteiger partial charge in [0.05, 0.1) is 35.3 Å². The predicted molar refractivity (Wildman–Crippen MR) is 109 cm³/mol. The number of furan rings is 1. The molecule has 0 saturated carbocycles. The van der Waals surface area contributed by atoms with Gasteiger partial charge in [0, 0.05) is 4.90 Å². The minimum Gasteiger partial charge on any atom is -0.468 e. The highest BCUT2D eigenvalue weighted by atomic mass is 32.2. The van der Waals surface area contributed by atoms with Crippen molar-refractivity contribution in [3.8, 4) is 6.07 Å². The van der Waals surface area contributed by atoms with E-state index >= 15 is 0 Å². The van der Waals surface area contributed by atoms with Crippen LogP contribution in [0, 0.1) is 11.3 Å². The number of nitrogens with one attached hydrogen (secondary N) is 1. The fraction of sp³-hybridized carbons (Fsp3) is 0.136. The van der Waals surface area contributed by atoms with Crippen LogP contribution >= 0.6 is 11.8 Å². The summed E-state index contributed by atoms with van der Waals surface area (Å²) in [5.74, 6) is 0.587. The number of anilines is 1. The highest BCUT2D eigenvalue weighted by Crippen LogP contribution is 2.27. The molecule has 0 atom stereocenters. The van der Waals surface area contributed by atoms with Gasteiger partial charge in [-0.15, -0.1) is 11.8 Å². The first-order valence-corrected chi connectivity index (χ1v) is 9.86. The number of hydrogen-bond donors (Lipinski definition) is 1. The number of ether oxygens (including phenoxy) is 1. The van der Waals surface area contributed by atoms with Crippen LogP contribution in [0.15, 0.2) is 76.2 Å². The van der Waals surface area contributed by atoms with Gasteiger partial charge in [-0.05, 0) is 36.4 Å². The van der Waals surface area contributed by atoms with Gasteiger partial charge in [-0.2, -0.15) is 5.26 Å². The molecule has 0 saturated heterocycles. The number of nitriles is 1. The van der Waals surface area contributed by atoms with Crippen molar-refractivity contribution >= 4 is 29.3 Å². The molecule has 1 heterocycles. The fourth-order valence-corrected chi connectivity index (χ4v) is 3.46. The van der Waals surface area contributed by atoms with Crippen LogP contribution in [0.1, 0.15) is 28.1 Å². The van der Waals surface area contributed by atoms with Crippen LogP contribution in [0.5, 0.6) is 0 Å². The van der Waals surface area contributed by atoms with Crippen molar-refractivity contribution in [2.45, 2.75) is 17.1 Å². The molecule has 0 aliphatic carbocycles. The number of esters is 1. The molecule has 146 valence electrons. The van der Waals surface area contributed by atoms with E-state index in [1.165, 1.54) is 11.8 Å². The maximum absolute atomic E-state index is 12.4. The minimum atomic E-state index is -0.488. The summed E-state index contributed by atoms with van der Waals surface area (Å²) in [6.45, 7) is -0.0590. The lowest BCUT2D eigenvalue weighted by Crippen LogP contribution is -2.17. The maximum atomic E-state index is 12.4. The summed E-state index contributed by atoms with van der Waals surface area (Å²) in [6.07, 6.45) is 1.60. The Labute approximate surface area is 172 Å². The molecule has 3 aromatic rings. The van der Waals surface area contributed by atoms with E-state index in [1.807, 2.05) is 30.3 Å². The van der Waals surface area contributed by atoms with Crippen LogP contribution in [-0.4, -0.2) is 18.5 Å². The molecule has 0 radical (unpaired) electrons. The maximum Gasteiger partial charge on any atom is 0.339 e. The quantitative estimate of drug-likeness (QED) is 0.433. The van der Waals surface area contributed by atoms with Crippen LogP contribution in [0.3, 0.4) is 0 Å². The number of rotatable bonds is 8. The number of para-hydroxylation sites is 1. The molecule has 0 spiro atoms. The zero-order valence-corrected chi connectivity index (χ0v) is 16.3. The van der Waals surface area contributed by atoms with Gasteiger partial charge in [0.15, 0.2) is 0 Å². The van der Waals surface area contributed by atoms with Crippen LogP contribution in [-0.2, 0) is 15.3 Å². The molecule has 2 aromatic carbocycles. The third-order valence-electron chi connectivity index (χ3n) is 3.94. The molecule has 29 heavy (non-hydrogen) atoms. The number of thioether (sulfide) groups is 1. The van der Waals surface area contributed by atoms with Gasteiger partial charge in [-0.3, -0.25) is 4.79 Å². The van der Waals surface area contributed by atoms with Crippen molar-refractivity contribution in [3.63, 3.8) is 0 Å². The monoisotopic (exact) mass is 406 g/mol. The lowest BCUT2D eigenvalue weighted by atomic mass is 10.2. The van der Waals surface area contributed by atoms with Crippen molar-refractivity contribution in [2.24, 2.45) is 0 Å². The topological polar surface area (TPSA) is 92.3 Å². The zero-order valence-electron chi connectivity index (χ0n) is 15.5. The number of nitrogens with zero attached hydrogens (tertiary/aromatic N) is 1. The molecule has 7 heteroatoms. The van der Waals surface area contributed by atoms with Gasteiger partial charge in [-0.1, -0.05) is 24.3 Å². The normalized spacial score (nSPS) is 10.2. The third-order valence-corrected chi connectivity index (χ3v) is 5.04. The van der Waals surface area contributed by atoms with Crippen LogP contribution in [0.4, 0.5) is 5.69 Å². The predicted octanol–water partition coefficient (Wildman–Crippen LogP) is 4.63. The lowest BCUT2D eigenvalue weighted by Gasteiger charge is -2.10. The van der Waals surface area contributed by atoms with E-state index in [0.717, 1.165) is 10.7 Å². The summed E-state index contributed by atoms with van der Waals surface area (Å²) in [7, 11) is 0. The number of carbonyl (C=O) groups is 2. The van der Waals surface area contributed by atoms with Gasteiger partial charge < -0.3 is 14.5 Å². The smallest absolute Gasteiger partial charge is 0.339 e. The second-order valence-electron chi connectivity index (χ2n) is 5.96. The van der Waals surface area contributed by atoms with Crippen LogP contribution in [0.25, 0.3) is 0 Å². The van der Waals surface area contributed by atoms with Gasteiger partial charge in [0.2, 0.25) is 5.91 Å². The number of amides is 1. The second kappa shape index (κ2) is 10.2. The molecular weight excluding hydrogens is 388 g/mol. The number of carbonyl (C=O) groups excluding carboxylic acids is 2. The molecule has 1 N–H and O–H groups in total. The average molecular weight is 406 g/mol. The molecule has 0 fully saturated rings. The van der Waals surface area contributed by atoms with E-state index < -0.39 is 5.97 Å². The van der Waals surface area contributed by atoms with Gasteiger partial charge in [0.1, 0.15) is 18.4 Å². The first kappa shape index (κ1) is 20.2. The highest BCUT2D eigenvalue weighted by Gasteiger charge is 2.14. The summed E-state index contributed by atoms with van der Waals surface area (Å²) in [5.41, 5.74) is 1.26. The third kappa shape index (κ3) is 5.74. The lowest BCUT2D eigenvalue weighted by molar-refractivity contribution is -0.116. The van der Waals surface area contributed by atoms with Gasteiger partial charge in [-0.25, -0.2) is 4.79 Å². The molecule has 0 aliphatic rings. The summed E-state index contributed by atoms with van der Waals surface area (Å²) in [4.78, 5) is 25.3. The number of benzene rings is 2. The Morgan fingerprint density at radius 2 is 1.86 bits per heavy atom. The summed E-state index contributed by atoms with van der Waals surface area (Å²) >= 11 is 1.47. The largest absolute Gasteiger partial charge is 0.468 e. The Morgan fingerprint density at radius 1 is 1.07 bits per heavy atom. The Morgan fingerprint density at radius 3 is 2.66 bits per heavy atom. The minimum absolute atomic E-state index is 0.00674. The highest BCUT2D eigenvalue weighted by molar-refractivity contribution is 7.98. The molecule has 0 aliphatic heterocycles. The second-order valence-corrected chi connectivity index (χ2v) is 6.97. The van der Waals surface area contributed by atoms with Crippen molar-refractivity contribution < 1.29 is 18.7 Å². The van der Waals surface area contributed by atoms with Crippen molar-refractivity contribution in [1.29, 1.82) is 5.26 Å².